The summed E-state index contributed by atoms with van der Waals surface area (Å²) >= 11 is 11.6. The summed E-state index contributed by atoms with van der Waals surface area (Å²) < 4.78 is 1.11. The first kappa shape index (κ1) is 14.3. The van der Waals surface area contributed by atoms with Gasteiger partial charge in [-0.3, -0.25) is 24.5 Å². The normalized spacial score (nSPS) is 10.5. The minimum atomic E-state index is -0.696. The van der Waals surface area contributed by atoms with E-state index in [2.05, 4.69) is 0 Å². The van der Waals surface area contributed by atoms with Crippen molar-refractivity contribution in [3.63, 3.8) is 0 Å². The molecule has 0 aliphatic carbocycles. The Morgan fingerprint density at radius 2 is 1.95 bits per heavy atom. The van der Waals surface area contributed by atoms with E-state index >= 15 is 0 Å². The molecule has 2 aromatic rings. The zero-order chi connectivity index (χ0) is 14.9. The fourth-order valence-corrected chi connectivity index (χ4v) is 1.92. The second kappa shape index (κ2) is 5.48. The van der Waals surface area contributed by atoms with Crippen LogP contribution in [0, 0.1) is 10.1 Å². The molecule has 0 unspecified atom stereocenters. The predicted molar refractivity (Wildman–Crippen MR) is 73.5 cm³/mol. The Kier molecular flexibility index (Phi) is 3.91. The SMILES string of the molecule is O=c1[nH]c(=O)n(Cc2cc([N+](=O)[O-])ccc2Cl)cc1Cl. The van der Waals surface area contributed by atoms with Crippen molar-refractivity contribution in [3.05, 3.63) is 71.0 Å². The molecule has 0 bridgehead atoms. The van der Waals surface area contributed by atoms with Crippen LogP contribution < -0.4 is 11.2 Å². The molecule has 0 amide bonds. The van der Waals surface area contributed by atoms with Gasteiger partial charge in [-0.25, -0.2) is 4.79 Å². The van der Waals surface area contributed by atoms with Crippen LogP contribution in [0.4, 0.5) is 5.69 Å². The van der Waals surface area contributed by atoms with Gasteiger partial charge in [0, 0.05) is 23.4 Å². The molecule has 0 aliphatic rings. The second-order valence-electron chi connectivity index (χ2n) is 3.90. The highest BCUT2D eigenvalue weighted by Gasteiger charge is 2.11. The van der Waals surface area contributed by atoms with Crippen molar-refractivity contribution < 1.29 is 4.92 Å². The molecule has 104 valence electrons. The lowest BCUT2D eigenvalue weighted by atomic mass is 10.2. The van der Waals surface area contributed by atoms with E-state index in [1.807, 2.05) is 4.98 Å². The molecular weight excluding hydrogens is 309 g/mol. The number of benzene rings is 1. The van der Waals surface area contributed by atoms with E-state index < -0.39 is 16.2 Å². The molecule has 9 heteroatoms. The molecule has 1 heterocycles. The summed E-state index contributed by atoms with van der Waals surface area (Å²) in [5, 5.41) is 10.8. The van der Waals surface area contributed by atoms with Crippen LogP contribution in [0.2, 0.25) is 10.0 Å². The fraction of sp³-hybridized carbons (Fsp3) is 0.0909. The Bertz CT molecular complexity index is 797. The molecule has 7 nitrogen and oxygen atoms in total. The van der Waals surface area contributed by atoms with Crippen molar-refractivity contribution in [2.75, 3.05) is 0 Å². The van der Waals surface area contributed by atoms with Gasteiger partial charge in [-0.15, -0.1) is 0 Å². The van der Waals surface area contributed by atoms with Crippen molar-refractivity contribution in [3.8, 4) is 0 Å². The van der Waals surface area contributed by atoms with Gasteiger partial charge in [0.25, 0.3) is 11.2 Å². The molecule has 0 aliphatic heterocycles. The van der Waals surface area contributed by atoms with Gasteiger partial charge in [0.05, 0.1) is 11.5 Å². The van der Waals surface area contributed by atoms with Gasteiger partial charge in [-0.2, -0.15) is 0 Å². The van der Waals surface area contributed by atoms with Gasteiger partial charge in [0.1, 0.15) is 5.02 Å². The molecule has 1 aromatic heterocycles. The van der Waals surface area contributed by atoms with E-state index in [1.165, 1.54) is 18.2 Å². The average Bonchev–Trinajstić information content (AvgIpc) is 2.38. The maximum atomic E-state index is 11.6. The summed E-state index contributed by atoms with van der Waals surface area (Å²) in [6.07, 6.45) is 1.15. The summed E-state index contributed by atoms with van der Waals surface area (Å²) in [5.41, 5.74) is -1.15. The number of nitrogens with one attached hydrogen (secondary N) is 1. The smallest absolute Gasteiger partial charge is 0.295 e. The minimum Gasteiger partial charge on any atom is -0.295 e. The number of non-ortho nitro benzene ring substituents is 1. The number of hydrogen-bond acceptors (Lipinski definition) is 4. The fourth-order valence-electron chi connectivity index (χ4n) is 1.58. The molecule has 0 fully saturated rings. The average molecular weight is 316 g/mol. The van der Waals surface area contributed by atoms with Crippen LogP contribution in [0.3, 0.4) is 0 Å². The van der Waals surface area contributed by atoms with Crippen LogP contribution >= 0.6 is 23.2 Å². The number of aromatic nitrogens is 2. The monoisotopic (exact) mass is 315 g/mol. The molecule has 2 rings (SSSR count). The lowest BCUT2D eigenvalue weighted by Crippen LogP contribution is -2.30. The van der Waals surface area contributed by atoms with E-state index in [9.17, 15) is 19.7 Å². The molecule has 1 aromatic carbocycles. The molecule has 0 radical (unpaired) electrons. The Morgan fingerprint density at radius 3 is 2.60 bits per heavy atom. The molecule has 0 saturated heterocycles. The van der Waals surface area contributed by atoms with Crippen LogP contribution in [-0.2, 0) is 6.54 Å². The van der Waals surface area contributed by atoms with Crippen molar-refractivity contribution >= 4 is 28.9 Å². The van der Waals surface area contributed by atoms with Gasteiger partial charge < -0.3 is 0 Å². The topological polar surface area (TPSA) is 98.0 Å². The van der Waals surface area contributed by atoms with Gasteiger partial charge in [-0.1, -0.05) is 23.2 Å². The van der Waals surface area contributed by atoms with Gasteiger partial charge in [0.15, 0.2) is 0 Å². The summed E-state index contributed by atoms with van der Waals surface area (Å²) in [5.74, 6) is 0. The Balaban J connectivity index is 2.47. The summed E-state index contributed by atoms with van der Waals surface area (Å²) in [4.78, 5) is 34.9. The van der Waals surface area contributed by atoms with Crippen LogP contribution in [0.1, 0.15) is 5.56 Å². The first-order chi connectivity index (χ1) is 9.38. The highest BCUT2D eigenvalue weighted by atomic mass is 35.5. The van der Waals surface area contributed by atoms with E-state index in [4.69, 9.17) is 23.2 Å². The predicted octanol–water partition coefficient (Wildman–Crippen LogP) is 1.80. The highest BCUT2D eigenvalue weighted by molar-refractivity contribution is 6.31. The third kappa shape index (κ3) is 2.89. The Labute approximate surface area is 121 Å². The molecular formula is C11H7Cl2N3O4. The van der Waals surface area contributed by atoms with Crippen molar-refractivity contribution in [2.45, 2.75) is 6.54 Å². The molecule has 1 N–H and O–H groups in total. The number of rotatable bonds is 3. The number of nitro benzene ring substituents is 1. The number of aromatic amines is 1. The standard InChI is InChI=1S/C11H7Cl2N3O4/c12-8-2-1-7(16(19)20)3-6(8)4-15-5-9(13)10(17)14-11(15)18/h1-3,5H,4H2,(H,14,17,18). The quantitative estimate of drug-likeness (QED) is 0.689. The third-order valence-corrected chi connectivity index (χ3v) is 3.19. The van der Waals surface area contributed by atoms with Crippen molar-refractivity contribution in [1.29, 1.82) is 0 Å². The van der Waals surface area contributed by atoms with Crippen molar-refractivity contribution in [1.82, 2.24) is 9.55 Å². The highest BCUT2D eigenvalue weighted by Crippen LogP contribution is 2.22. The first-order valence-electron chi connectivity index (χ1n) is 5.30. The number of hydrogen-bond donors (Lipinski definition) is 1. The lowest BCUT2D eigenvalue weighted by Gasteiger charge is -2.07. The lowest BCUT2D eigenvalue weighted by molar-refractivity contribution is -0.384. The van der Waals surface area contributed by atoms with E-state index in [0.717, 1.165) is 10.8 Å². The maximum Gasteiger partial charge on any atom is 0.328 e. The van der Waals surface area contributed by atoms with E-state index in [-0.39, 0.29) is 22.3 Å². The maximum absolute atomic E-state index is 11.6. The summed E-state index contributed by atoms with van der Waals surface area (Å²) in [6, 6.07) is 3.88. The van der Waals surface area contributed by atoms with Gasteiger partial charge in [-0.05, 0) is 11.6 Å². The van der Waals surface area contributed by atoms with Gasteiger partial charge >= 0.3 is 5.69 Å². The largest absolute Gasteiger partial charge is 0.328 e. The third-order valence-electron chi connectivity index (χ3n) is 2.55. The minimum absolute atomic E-state index is 0.0458. The second-order valence-corrected chi connectivity index (χ2v) is 4.71. The summed E-state index contributed by atoms with van der Waals surface area (Å²) in [6.45, 7) is -0.0458. The van der Waals surface area contributed by atoms with Crippen LogP contribution in [0.15, 0.2) is 34.0 Å². The number of nitrogens with zero attached hydrogens (tertiary/aromatic N) is 2. The van der Waals surface area contributed by atoms with Gasteiger partial charge in [0.2, 0.25) is 0 Å². The van der Waals surface area contributed by atoms with E-state index in [1.54, 1.807) is 0 Å². The number of nitro groups is 1. The van der Waals surface area contributed by atoms with E-state index in [0.29, 0.717) is 5.56 Å². The Hall–Kier alpha value is -2.12. The zero-order valence-electron chi connectivity index (χ0n) is 9.80. The summed E-state index contributed by atoms with van der Waals surface area (Å²) in [7, 11) is 0. The van der Waals surface area contributed by atoms with Crippen molar-refractivity contribution in [2.24, 2.45) is 0 Å². The van der Waals surface area contributed by atoms with Crippen LogP contribution in [0.5, 0.6) is 0 Å². The molecule has 0 saturated carbocycles. The Morgan fingerprint density at radius 1 is 1.25 bits per heavy atom. The first-order valence-corrected chi connectivity index (χ1v) is 6.06. The molecule has 20 heavy (non-hydrogen) atoms. The molecule has 0 spiro atoms. The number of halogens is 2. The number of H-pyrrole nitrogens is 1. The molecule has 0 atom stereocenters. The zero-order valence-corrected chi connectivity index (χ0v) is 11.3. The van der Waals surface area contributed by atoms with Crippen LogP contribution in [0.25, 0.3) is 0 Å². The van der Waals surface area contributed by atoms with Crippen LogP contribution in [-0.4, -0.2) is 14.5 Å².